The average molecular weight is 279 g/mol. The van der Waals surface area contributed by atoms with Crippen LogP contribution in [0.3, 0.4) is 0 Å². The van der Waals surface area contributed by atoms with Crippen molar-refractivity contribution in [3.8, 4) is 0 Å². The summed E-state index contributed by atoms with van der Waals surface area (Å²) < 4.78 is 24.4. The van der Waals surface area contributed by atoms with Crippen LogP contribution in [0.5, 0.6) is 0 Å². The fraction of sp³-hybridized carbons (Fsp3) is 0.625. The maximum Gasteiger partial charge on any atom is 0.163 e. The molecule has 1 N–H and O–H groups in total. The molecule has 1 heterocycles. The third-order valence-corrected chi connectivity index (χ3v) is 3.96. The van der Waals surface area contributed by atoms with Gasteiger partial charge in [0.1, 0.15) is 5.82 Å². The molecule has 0 aromatic heterocycles. The van der Waals surface area contributed by atoms with Crippen LogP contribution < -0.4 is 5.32 Å². The minimum Gasteiger partial charge on any atom is -0.348 e. The Morgan fingerprint density at radius 3 is 2.55 bits per heavy atom. The van der Waals surface area contributed by atoms with Gasteiger partial charge in [0.15, 0.2) is 5.79 Å². The summed E-state index contributed by atoms with van der Waals surface area (Å²) in [5.74, 6) is 0.00507. The smallest absolute Gasteiger partial charge is 0.163 e. The summed E-state index contributed by atoms with van der Waals surface area (Å²) in [6.45, 7) is 5.26. The summed E-state index contributed by atoms with van der Waals surface area (Å²) in [6, 6.07) is 7.11. The SMILES string of the molecule is CC1(C)OCC(CNC(c2ccc(F)cc2)C2CC2)O1. The minimum absolute atomic E-state index is 0.0895. The molecule has 1 aliphatic carbocycles. The third-order valence-electron chi connectivity index (χ3n) is 3.96. The van der Waals surface area contributed by atoms with Gasteiger partial charge in [-0.3, -0.25) is 0 Å². The first-order valence-electron chi connectivity index (χ1n) is 7.34. The van der Waals surface area contributed by atoms with Gasteiger partial charge >= 0.3 is 0 Å². The molecule has 1 aromatic carbocycles. The van der Waals surface area contributed by atoms with E-state index in [1.165, 1.54) is 25.0 Å². The van der Waals surface area contributed by atoms with E-state index in [-0.39, 0.29) is 11.9 Å². The van der Waals surface area contributed by atoms with Crippen LogP contribution >= 0.6 is 0 Å². The molecule has 0 radical (unpaired) electrons. The van der Waals surface area contributed by atoms with Crippen LogP contribution in [0.4, 0.5) is 4.39 Å². The highest BCUT2D eigenvalue weighted by atomic mass is 19.1. The highest BCUT2D eigenvalue weighted by molar-refractivity contribution is 5.22. The summed E-state index contributed by atoms with van der Waals surface area (Å²) in [7, 11) is 0. The molecule has 0 bridgehead atoms. The lowest BCUT2D eigenvalue weighted by molar-refractivity contribution is -0.137. The van der Waals surface area contributed by atoms with Crippen molar-refractivity contribution in [1.29, 1.82) is 0 Å². The van der Waals surface area contributed by atoms with Crippen molar-refractivity contribution in [3.63, 3.8) is 0 Å². The molecule has 2 aliphatic rings. The van der Waals surface area contributed by atoms with Crippen LogP contribution in [0.1, 0.15) is 38.3 Å². The van der Waals surface area contributed by atoms with Crippen molar-refractivity contribution in [2.75, 3.05) is 13.2 Å². The number of halogens is 1. The van der Waals surface area contributed by atoms with Gasteiger partial charge in [-0.05, 0) is 50.3 Å². The second kappa shape index (κ2) is 5.43. The van der Waals surface area contributed by atoms with E-state index in [9.17, 15) is 4.39 Å². The molecular formula is C16H22FNO2. The number of ether oxygens (including phenoxy) is 2. The van der Waals surface area contributed by atoms with Crippen LogP contribution in [0.15, 0.2) is 24.3 Å². The van der Waals surface area contributed by atoms with Crippen molar-refractivity contribution < 1.29 is 13.9 Å². The number of hydrogen-bond donors (Lipinski definition) is 1. The Hall–Kier alpha value is -0.970. The summed E-state index contributed by atoms with van der Waals surface area (Å²) >= 11 is 0. The maximum absolute atomic E-state index is 13.0. The molecule has 2 fully saturated rings. The van der Waals surface area contributed by atoms with Gasteiger partial charge in [-0.15, -0.1) is 0 Å². The maximum atomic E-state index is 13.0. The van der Waals surface area contributed by atoms with Crippen LogP contribution in [-0.4, -0.2) is 25.0 Å². The highest BCUT2D eigenvalue weighted by Crippen LogP contribution is 2.41. The second-order valence-electron chi connectivity index (χ2n) is 6.23. The molecule has 0 spiro atoms. The van der Waals surface area contributed by atoms with Crippen molar-refractivity contribution in [2.24, 2.45) is 5.92 Å². The molecule has 20 heavy (non-hydrogen) atoms. The van der Waals surface area contributed by atoms with E-state index >= 15 is 0 Å². The number of hydrogen-bond acceptors (Lipinski definition) is 3. The van der Waals surface area contributed by atoms with Gasteiger partial charge in [-0.2, -0.15) is 0 Å². The highest BCUT2D eigenvalue weighted by Gasteiger charge is 2.35. The zero-order valence-corrected chi connectivity index (χ0v) is 12.1. The van der Waals surface area contributed by atoms with Gasteiger partial charge in [0.05, 0.1) is 12.7 Å². The van der Waals surface area contributed by atoms with E-state index in [0.717, 1.165) is 12.1 Å². The molecule has 1 saturated heterocycles. The van der Waals surface area contributed by atoms with Crippen molar-refractivity contribution in [3.05, 3.63) is 35.6 Å². The number of benzene rings is 1. The van der Waals surface area contributed by atoms with Gasteiger partial charge in [-0.1, -0.05) is 12.1 Å². The fourth-order valence-electron chi connectivity index (χ4n) is 2.78. The van der Waals surface area contributed by atoms with Gasteiger partial charge in [-0.25, -0.2) is 4.39 Å². The molecule has 2 atom stereocenters. The summed E-state index contributed by atoms with van der Waals surface area (Å²) in [5.41, 5.74) is 1.16. The van der Waals surface area contributed by atoms with E-state index in [4.69, 9.17) is 9.47 Å². The van der Waals surface area contributed by atoms with Crippen molar-refractivity contribution in [2.45, 2.75) is 44.6 Å². The molecule has 0 amide bonds. The monoisotopic (exact) mass is 279 g/mol. The Balaban J connectivity index is 1.59. The molecule has 1 aromatic rings. The second-order valence-corrected chi connectivity index (χ2v) is 6.23. The standard InChI is InChI=1S/C16H22FNO2/c1-16(2)19-10-14(20-16)9-18-15(11-3-4-11)12-5-7-13(17)8-6-12/h5-8,11,14-15,18H,3-4,9-10H2,1-2H3. The lowest BCUT2D eigenvalue weighted by atomic mass is 10.0. The lowest BCUT2D eigenvalue weighted by Gasteiger charge is -2.22. The molecule has 110 valence electrons. The molecule has 3 nitrogen and oxygen atoms in total. The average Bonchev–Trinajstić information content (AvgIpc) is 3.17. The lowest BCUT2D eigenvalue weighted by Crippen LogP contribution is -2.33. The molecule has 3 rings (SSSR count). The number of rotatable bonds is 5. The molecule has 1 saturated carbocycles. The zero-order valence-electron chi connectivity index (χ0n) is 12.1. The molecule has 2 unspecified atom stereocenters. The van der Waals surface area contributed by atoms with E-state index < -0.39 is 5.79 Å². The molecule has 4 heteroatoms. The normalized spacial score (nSPS) is 26.6. The van der Waals surface area contributed by atoms with E-state index in [0.29, 0.717) is 18.6 Å². The Morgan fingerprint density at radius 2 is 2.00 bits per heavy atom. The first-order chi connectivity index (χ1) is 9.53. The van der Waals surface area contributed by atoms with Crippen molar-refractivity contribution >= 4 is 0 Å². The van der Waals surface area contributed by atoms with Crippen LogP contribution in [-0.2, 0) is 9.47 Å². The zero-order chi connectivity index (χ0) is 14.2. The topological polar surface area (TPSA) is 30.5 Å². The third kappa shape index (κ3) is 3.37. The van der Waals surface area contributed by atoms with Gasteiger partial charge < -0.3 is 14.8 Å². The van der Waals surface area contributed by atoms with Crippen LogP contribution in [0.2, 0.25) is 0 Å². The Kier molecular flexibility index (Phi) is 3.80. The Morgan fingerprint density at radius 1 is 1.30 bits per heavy atom. The summed E-state index contributed by atoms with van der Waals surface area (Å²) in [6.07, 6.45) is 2.57. The largest absolute Gasteiger partial charge is 0.348 e. The first kappa shape index (κ1) is 14.0. The van der Waals surface area contributed by atoms with Crippen LogP contribution in [0.25, 0.3) is 0 Å². The van der Waals surface area contributed by atoms with Gasteiger partial charge in [0, 0.05) is 12.6 Å². The predicted molar refractivity (Wildman–Crippen MR) is 74.8 cm³/mol. The Bertz CT molecular complexity index is 456. The van der Waals surface area contributed by atoms with E-state index in [1.807, 2.05) is 26.0 Å². The van der Waals surface area contributed by atoms with Crippen molar-refractivity contribution in [1.82, 2.24) is 5.32 Å². The number of nitrogens with one attached hydrogen (secondary N) is 1. The summed E-state index contributed by atoms with van der Waals surface area (Å²) in [4.78, 5) is 0. The quantitative estimate of drug-likeness (QED) is 0.898. The predicted octanol–water partition coefficient (Wildman–Crippen LogP) is 3.02. The first-order valence-corrected chi connectivity index (χ1v) is 7.34. The molecular weight excluding hydrogens is 257 g/mol. The molecule has 1 aliphatic heterocycles. The van der Waals surface area contributed by atoms with Crippen LogP contribution in [0, 0.1) is 11.7 Å². The Labute approximate surface area is 119 Å². The van der Waals surface area contributed by atoms with Gasteiger partial charge in [0.2, 0.25) is 0 Å². The minimum atomic E-state index is -0.475. The van der Waals surface area contributed by atoms with E-state index in [1.54, 1.807) is 0 Å². The fourth-order valence-corrected chi connectivity index (χ4v) is 2.78. The summed E-state index contributed by atoms with van der Waals surface area (Å²) in [5, 5.41) is 3.57. The van der Waals surface area contributed by atoms with Gasteiger partial charge in [0.25, 0.3) is 0 Å². The van der Waals surface area contributed by atoms with E-state index in [2.05, 4.69) is 5.32 Å².